The summed E-state index contributed by atoms with van der Waals surface area (Å²) in [6.07, 6.45) is 8.82. The van der Waals surface area contributed by atoms with Crippen molar-refractivity contribution >= 4 is 0 Å². The predicted molar refractivity (Wildman–Crippen MR) is 72.7 cm³/mol. The fourth-order valence-corrected chi connectivity index (χ4v) is 2.69. The van der Waals surface area contributed by atoms with Crippen molar-refractivity contribution in [3.8, 4) is 0 Å². The van der Waals surface area contributed by atoms with Gasteiger partial charge in [0.2, 0.25) is 0 Å². The number of likely N-dealkylation sites (N-methyl/N-ethyl adjacent to an activating group) is 1. The fraction of sp³-hybridized carbons (Fsp3) is 0.786. The Morgan fingerprint density at radius 2 is 2.44 bits per heavy atom. The van der Waals surface area contributed by atoms with E-state index in [0.717, 1.165) is 32.5 Å². The number of imidazole rings is 1. The summed E-state index contributed by atoms with van der Waals surface area (Å²) < 4.78 is 8.08. The zero-order valence-corrected chi connectivity index (χ0v) is 11.6. The van der Waals surface area contributed by atoms with Gasteiger partial charge >= 0.3 is 0 Å². The van der Waals surface area contributed by atoms with Crippen LogP contribution in [0, 0.1) is 0 Å². The molecule has 4 heteroatoms. The Kier molecular flexibility index (Phi) is 5.20. The number of nitrogens with zero attached hydrogens (tertiary/aromatic N) is 2. The number of rotatable bonds is 7. The van der Waals surface area contributed by atoms with Crippen molar-refractivity contribution in [1.82, 2.24) is 14.9 Å². The third-order valence-corrected chi connectivity index (χ3v) is 3.55. The number of hydrogen-bond donors (Lipinski definition) is 1. The molecule has 18 heavy (non-hydrogen) atoms. The highest BCUT2D eigenvalue weighted by molar-refractivity contribution is 4.98. The van der Waals surface area contributed by atoms with Crippen molar-refractivity contribution in [3.63, 3.8) is 0 Å². The van der Waals surface area contributed by atoms with Crippen molar-refractivity contribution in [2.45, 2.75) is 58.2 Å². The quantitative estimate of drug-likeness (QED) is 0.805. The Balaban J connectivity index is 2.00. The molecule has 0 saturated carbocycles. The van der Waals surface area contributed by atoms with E-state index in [2.05, 4.69) is 34.9 Å². The molecule has 0 bridgehead atoms. The van der Waals surface area contributed by atoms with Gasteiger partial charge in [0.1, 0.15) is 5.82 Å². The maximum absolute atomic E-state index is 5.82. The zero-order chi connectivity index (χ0) is 12.8. The van der Waals surface area contributed by atoms with E-state index in [-0.39, 0.29) is 0 Å². The van der Waals surface area contributed by atoms with E-state index in [4.69, 9.17) is 4.74 Å². The molecule has 1 fully saturated rings. The van der Waals surface area contributed by atoms with Gasteiger partial charge in [-0.25, -0.2) is 4.98 Å². The minimum absolute atomic E-state index is 0.358. The van der Waals surface area contributed by atoms with Crippen molar-refractivity contribution in [1.29, 1.82) is 0 Å². The third-order valence-electron chi connectivity index (χ3n) is 3.55. The van der Waals surface area contributed by atoms with Gasteiger partial charge in [0.25, 0.3) is 0 Å². The molecular weight excluding hydrogens is 226 g/mol. The van der Waals surface area contributed by atoms with Gasteiger partial charge in [0.05, 0.1) is 6.10 Å². The van der Waals surface area contributed by atoms with Crippen LogP contribution in [0.1, 0.15) is 38.9 Å². The molecule has 4 nitrogen and oxygen atoms in total. The summed E-state index contributed by atoms with van der Waals surface area (Å²) in [6.45, 7) is 7.31. The fourth-order valence-electron chi connectivity index (χ4n) is 2.69. The summed E-state index contributed by atoms with van der Waals surface area (Å²) in [5.74, 6) is 1.18. The van der Waals surface area contributed by atoms with E-state index in [9.17, 15) is 0 Å². The number of hydrogen-bond acceptors (Lipinski definition) is 3. The van der Waals surface area contributed by atoms with E-state index in [1.807, 2.05) is 6.20 Å². The van der Waals surface area contributed by atoms with Crippen LogP contribution in [0.15, 0.2) is 12.4 Å². The van der Waals surface area contributed by atoms with Gasteiger partial charge < -0.3 is 14.6 Å². The standard InChI is InChI=1S/C14H25N3O/c1-3-8-17-9-7-16-14(17)11-12(15-4-2)13-6-5-10-18-13/h7,9,12-13,15H,3-6,8,10-11H2,1-2H3. The van der Waals surface area contributed by atoms with E-state index in [1.54, 1.807) is 0 Å². The Morgan fingerprint density at radius 3 is 3.11 bits per heavy atom. The molecule has 1 saturated heterocycles. The lowest BCUT2D eigenvalue weighted by Crippen LogP contribution is -2.41. The lowest BCUT2D eigenvalue weighted by atomic mass is 10.0. The maximum atomic E-state index is 5.82. The van der Waals surface area contributed by atoms with Crippen molar-refractivity contribution in [2.75, 3.05) is 13.2 Å². The van der Waals surface area contributed by atoms with Crippen LogP contribution in [0.25, 0.3) is 0 Å². The summed E-state index contributed by atoms with van der Waals surface area (Å²) in [7, 11) is 0. The smallest absolute Gasteiger partial charge is 0.110 e. The predicted octanol–water partition coefficient (Wildman–Crippen LogP) is 1.99. The summed E-state index contributed by atoms with van der Waals surface area (Å²) in [4.78, 5) is 4.50. The maximum Gasteiger partial charge on any atom is 0.110 e. The molecule has 0 radical (unpaired) electrons. The molecule has 0 spiro atoms. The second-order valence-electron chi connectivity index (χ2n) is 4.96. The zero-order valence-electron chi connectivity index (χ0n) is 11.6. The monoisotopic (exact) mass is 251 g/mol. The number of nitrogens with one attached hydrogen (secondary N) is 1. The molecule has 2 rings (SSSR count). The minimum Gasteiger partial charge on any atom is -0.377 e. The summed E-state index contributed by atoms with van der Waals surface area (Å²) in [6, 6.07) is 0.399. The van der Waals surface area contributed by atoms with Gasteiger partial charge in [-0.15, -0.1) is 0 Å². The van der Waals surface area contributed by atoms with Gasteiger partial charge in [-0.3, -0.25) is 0 Å². The Bertz CT molecular complexity index is 345. The first-order chi connectivity index (χ1) is 8.85. The summed E-state index contributed by atoms with van der Waals surface area (Å²) in [5.41, 5.74) is 0. The highest BCUT2D eigenvalue weighted by Crippen LogP contribution is 2.18. The first kappa shape index (κ1) is 13.6. The Labute approximate surface area is 110 Å². The normalized spacial score (nSPS) is 21.3. The van der Waals surface area contributed by atoms with Crippen LogP contribution < -0.4 is 5.32 Å². The molecule has 1 aliphatic heterocycles. The number of aromatic nitrogens is 2. The van der Waals surface area contributed by atoms with Gasteiger partial charge in [-0.1, -0.05) is 13.8 Å². The van der Waals surface area contributed by atoms with Crippen LogP contribution in [0.5, 0.6) is 0 Å². The Morgan fingerprint density at radius 1 is 1.56 bits per heavy atom. The number of aryl methyl sites for hydroxylation is 1. The molecule has 0 aromatic carbocycles. The summed E-state index contributed by atoms with van der Waals surface area (Å²) in [5, 5.41) is 3.55. The molecular formula is C14H25N3O. The molecule has 0 aliphatic carbocycles. The molecule has 102 valence electrons. The van der Waals surface area contributed by atoms with Crippen molar-refractivity contribution in [3.05, 3.63) is 18.2 Å². The van der Waals surface area contributed by atoms with Crippen molar-refractivity contribution < 1.29 is 4.74 Å². The second kappa shape index (κ2) is 6.90. The second-order valence-corrected chi connectivity index (χ2v) is 4.96. The molecule has 1 N–H and O–H groups in total. The van der Waals surface area contributed by atoms with E-state index in [0.29, 0.717) is 12.1 Å². The van der Waals surface area contributed by atoms with E-state index < -0.39 is 0 Å². The first-order valence-electron chi connectivity index (χ1n) is 7.20. The molecule has 2 atom stereocenters. The van der Waals surface area contributed by atoms with Gasteiger partial charge in [0.15, 0.2) is 0 Å². The molecule has 2 heterocycles. The van der Waals surface area contributed by atoms with Crippen LogP contribution in [0.2, 0.25) is 0 Å². The van der Waals surface area contributed by atoms with Crippen LogP contribution >= 0.6 is 0 Å². The highest BCUT2D eigenvalue weighted by Gasteiger charge is 2.26. The largest absolute Gasteiger partial charge is 0.377 e. The first-order valence-corrected chi connectivity index (χ1v) is 7.20. The Hall–Kier alpha value is -0.870. The molecule has 1 aromatic heterocycles. The van der Waals surface area contributed by atoms with E-state index >= 15 is 0 Å². The molecule has 0 amide bonds. The third kappa shape index (κ3) is 3.33. The average molecular weight is 251 g/mol. The van der Waals surface area contributed by atoms with Crippen LogP contribution in [0.4, 0.5) is 0 Å². The molecule has 1 aromatic rings. The lowest BCUT2D eigenvalue weighted by molar-refractivity contribution is 0.0780. The lowest BCUT2D eigenvalue weighted by Gasteiger charge is -2.23. The summed E-state index contributed by atoms with van der Waals surface area (Å²) >= 11 is 0. The topological polar surface area (TPSA) is 39.1 Å². The van der Waals surface area contributed by atoms with Crippen LogP contribution in [-0.2, 0) is 17.7 Å². The van der Waals surface area contributed by atoms with Gasteiger partial charge in [-0.05, 0) is 25.8 Å². The highest BCUT2D eigenvalue weighted by atomic mass is 16.5. The van der Waals surface area contributed by atoms with E-state index in [1.165, 1.54) is 18.7 Å². The number of ether oxygens (including phenoxy) is 1. The van der Waals surface area contributed by atoms with Crippen LogP contribution in [-0.4, -0.2) is 34.8 Å². The van der Waals surface area contributed by atoms with Crippen LogP contribution in [0.3, 0.4) is 0 Å². The average Bonchev–Trinajstić information content (AvgIpc) is 3.01. The van der Waals surface area contributed by atoms with Crippen molar-refractivity contribution in [2.24, 2.45) is 0 Å². The van der Waals surface area contributed by atoms with Gasteiger partial charge in [-0.2, -0.15) is 0 Å². The van der Waals surface area contributed by atoms with Gasteiger partial charge in [0, 0.05) is 38.0 Å². The minimum atomic E-state index is 0.358. The molecule has 1 aliphatic rings. The molecule has 2 unspecified atom stereocenters. The SMILES string of the molecule is CCCn1ccnc1CC(NCC)C1CCCO1.